The normalized spacial score (nSPS) is 11.9. The van der Waals surface area contributed by atoms with Crippen LogP contribution < -0.4 is 0 Å². The number of carboxylic acid groups (broad SMARTS) is 1. The zero-order chi connectivity index (χ0) is 10.8. The lowest BCUT2D eigenvalue weighted by Crippen LogP contribution is -1.97. The summed E-state index contributed by atoms with van der Waals surface area (Å²) in [5.74, 6) is -1.07. The van der Waals surface area contributed by atoms with Gasteiger partial charge in [-0.3, -0.25) is 0 Å². The number of furan rings is 1. The molecule has 0 amide bonds. The number of fused-ring (bicyclic) bond motifs is 1. The Balaban J connectivity index is 2.67. The Morgan fingerprint density at radius 1 is 1.40 bits per heavy atom. The molecule has 0 spiro atoms. The number of carboxylic acids is 1. The number of carbonyl (C=O) groups is 1. The summed E-state index contributed by atoms with van der Waals surface area (Å²) >= 11 is 5.47. The van der Waals surface area contributed by atoms with Crippen LogP contribution in [0.3, 0.4) is 0 Å². The third-order valence-corrected chi connectivity index (χ3v) is 2.33. The zero-order valence-electron chi connectivity index (χ0n) is 7.61. The van der Waals surface area contributed by atoms with Gasteiger partial charge in [-0.05, 0) is 6.07 Å². The highest BCUT2D eigenvalue weighted by Crippen LogP contribution is 2.27. The monoisotopic (exact) mass is 222 g/mol. The van der Waals surface area contributed by atoms with Crippen molar-refractivity contribution < 1.29 is 14.3 Å². The van der Waals surface area contributed by atoms with Gasteiger partial charge in [-0.25, -0.2) is 4.79 Å². The number of para-hydroxylation sites is 1. The molecule has 1 aromatic heterocycles. The minimum absolute atomic E-state index is 0.0293. The van der Waals surface area contributed by atoms with Crippen molar-refractivity contribution in [2.75, 3.05) is 0 Å². The third kappa shape index (κ3) is 1.62. The van der Waals surface area contributed by atoms with Gasteiger partial charge < -0.3 is 9.52 Å². The number of hydrogen-bond acceptors (Lipinski definition) is 2. The van der Waals surface area contributed by atoms with Gasteiger partial charge in [0.15, 0.2) is 0 Å². The van der Waals surface area contributed by atoms with E-state index < -0.39 is 5.97 Å². The lowest BCUT2D eigenvalue weighted by Gasteiger charge is -1.96. The van der Waals surface area contributed by atoms with Crippen LogP contribution in [0, 0.1) is 0 Å². The zero-order valence-corrected chi connectivity index (χ0v) is 8.36. The van der Waals surface area contributed by atoms with E-state index in [2.05, 4.69) is 0 Å². The first-order valence-corrected chi connectivity index (χ1v) is 4.68. The van der Waals surface area contributed by atoms with Crippen LogP contribution in [0.1, 0.15) is 5.56 Å². The molecular formula is C11H7ClO3. The van der Waals surface area contributed by atoms with Gasteiger partial charge in [0.1, 0.15) is 5.58 Å². The Hall–Kier alpha value is -1.74. The summed E-state index contributed by atoms with van der Waals surface area (Å²) in [6.45, 7) is 0. The number of rotatable bonds is 2. The van der Waals surface area contributed by atoms with Crippen LogP contribution in [0.25, 0.3) is 16.5 Å². The summed E-state index contributed by atoms with van der Waals surface area (Å²) in [5, 5.41) is 9.65. The molecule has 0 saturated carbocycles. The topological polar surface area (TPSA) is 50.4 Å². The van der Waals surface area contributed by atoms with Crippen molar-refractivity contribution >= 4 is 34.1 Å². The lowest BCUT2D eigenvalue weighted by atomic mass is 10.1. The molecule has 1 heterocycles. The van der Waals surface area contributed by atoms with Crippen molar-refractivity contribution in [2.45, 2.75) is 0 Å². The van der Waals surface area contributed by atoms with Gasteiger partial charge in [-0.1, -0.05) is 29.8 Å². The van der Waals surface area contributed by atoms with Crippen molar-refractivity contribution in [3.05, 3.63) is 41.6 Å². The molecule has 76 valence electrons. The van der Waals surface area contributed by atoms with Gasteiger partial charge >= 0.3 is 5.97 Å². The summed E-state index contributed by atoms with van der Waals surface area (Å²) < 4.78 is 5.22. The van der Waals surface area contributed by atoms with E-state index in [9.17, 15) is 4.79 Å². The maximum Gasteiger partial charge on any atom is 0.337 e. The second-order valence-electron chi connectivity index (χ2n) is 2.97. The summed E-state index contributed by atoms with van der Waals surface area (Å²) in [6, 6.07) is 7.19. The predicted octanol–water partition coefficient (Wildman–Crippen LogP) is 3.10. The Kier molecular flexibility index (Phi) is 2.47. The molecule has 0 aliphatic carbocycles. The van der Waals surface area contributed by atoms with Crippen molar-refractivity contribution in [3.8, 4) is 0 Å². The minimum Gasteiger partial charge on any atom is -0.478 e. The molecule has 0 fully saturated rings. The van der Waals surface area contributed by atoms with Crippen LogP contribution in [-0.4, -0.2) is 11.1 Å². The van der Waals surface area contributed by atoms with E-state index in [0.717, 1.165) is 10.9 Å². The molecule has 2 rings (SSSR count). The number of halogens is 1. The molecule has 1 aromatic carbocycles. The fourth-order valence-corrected chi connectivity index (χ4v) is 1.62. The van der Waals surface area contributed by atoms with Gasteiger partial charge in [0.05, 0.1) is 11.8 Å². The van der Waals surface area contributed by atoms with E-state index >= 15 is 0 Å². The third-order valence-electron chi connectivity index (χ3n) is 2.11. The molecule has 0 aliphatic rings. The largest absolute Gasteiger partial charge is 0.478 e. The fourth-order valence-electron chi connectivity index (χ4n) is 1.41. The highest BCUT2D eigenvalue weighted by Gasteiger charge is 2.15. The first kappa shape index (κ1) is 9.80. The first-order valence-electron chi connectivity index (χ1n) is 4.24. The minimum atomic E-state index is -1.07. The molecule has 0 atom stereocenters. The summed E-state index contributed by atoms with van der Waals surface area (Å²) in [7, 11) is 0. The number of benzene rings is 1. The van der Waals surface area contributed by atoms with Crippen molar-refractivity contribution in [1.82, 2.24) is 0 Å². The molecule has 4 heteroatoms. The molecule has 0 radical (unpaired) electrons. The van der Waals surface area contributed by atoms with Crippen LogP contribution in [0.2, 0.25) is 0 Å². The Bertz CT molecular complexity index is 540. The summed E-state index contributed by atoms with van der Waals surface area (Å²) in [5.41, 5.74) is 2.21. The van der Waals surface area contributed by atoms with Crippen molar-refractivity contribution in [1.29, 1.82) is 0 Å². The SMILES string of the molecule is O=C(O)/C(=C/Cl)c1coc2ccccc12. The number of hydrogen-bond donors (Lipinski definition) is 1. The molecular weight excluding hydrogens is 216 g/mol. The predicted molar refractivity (Wildman–Crippen MR) is 57.7 cm³/mol. The molecule has 0 bridgehead atoms. The van der Waals surface area contributed by atoms with Crippen LogP contribution in [0.15, 0.2) is 40.5 Å². The van der Waals surface area contributed by atoms with E-state index in [-0.39, 0.29) is 5.57 Å². The Labute approximate surface area is 90.6 Å². The van der Waals surface area contributed by atoms with E-state index in [0.29, 0.717) is 11.1 Å². The molecule has 0 unspecified atom stereocenters. The van der Waals surface area contributed by atoms with Gasteiger partial charge in [-0.15, -0.1) is 0 Å². The molecule has 3 nitrogen and oxygen atoms in total. The molecule has 15 heavy (non-hydrogen) atoms. The van der Waals surface area contributed by atoms with Crippen LogP contribution in [-0.2, 0) is 4.79 Å². The van der Waals surface area contributed by atoms with Crippen molar-refractivity contribution in [3.63, 3.8) is 0 Å². The van der Waals surface area contributed by atoms with Crippen LogP contribution in [0.5, 0.6) is 0 Å². The second-order valence-corrected chi connectivity index (χ2v) is 3.19. The average molecular weight is 223 g/mol. The average Bonchev–Trinajstić information content (AvgIpc) is 2.63. The van der Waals surface area contributed by atoms with Crippen LogP contribution >= 0.6 is 11.6 Å². The van der Waals surface area contributed by atoms with E-state index in [1.165, 1.54) is 6.26 Å². The Morgan fingerprint density at radius 3 is 2.80 bits per heavy atom. The summed E-state index contributed by atoms with van der Waals surface area (Å²) in [6.07, 6.45) is 1.40. The van der Waals surface area contributed by atoms with E-state index in [1.807, 2.05) is 12.1 Å². The first-order chi connectivity index (χ1) is 7.24. The quantitative estimate of drug-likeness (QED) is 0.795. The molecule has 1 N–H and O–H groups in total. The lowest BCUT2D eigenvalue weighted by molar-refractivity contribution is -0.130. The standard InChI is InChI=1S/C11H7ClO3/c12-5-8(11(13)14)9-6-15-10-4-2-1-3-7(9)10/h1-6H,(H,13,14)/b8-5+. The van der Waals surface area contributed by atoms with E-state index in [1.54, 1.807) is 12.1 Å². The molecule has 0 saturated heterocycles. The van der Waals surface area contributed by atoms with Gasteiger partial charge in [0.2, 0.25) is 0 Å². The molecule has 2 aromatic rings. The maximum absolute atomic E-state index is 10.9. The second kappa shape index (κ2) is 3.79. The van der Waals surface area contributed by atoms with Crippen LogP contribution in [0.4, 0.5) is 0 Å². The Morgan fingerprint density at radius 2 is 2.13 bits per heavy atom. The van der Waals surface area contributed by atoms with Crippen molar-refractivity contribution in [2.24, 2.45) is 0 Å². The number of aliphatic carboxylic acids is 1. The summed E-state index contributed by atoms with van der Waals surface area (Å²) in [4.78, 5) is 10.9. The fraction of sp³-hybridized carbons (Fsp3) is 0. The molecule has 0 aliphatic heterocycles. The highest BCUT2D eigenvalue weighted by atomic mass is 35.5. The van der Waals surface area contributed by atoms with Gasteiger partial charge in [-0.2, -0.15) is 0 Å². The van der Waals surface area contributed by atoms with Gasteiger partial charge in [0.25, 0.3) is 0 Å². The van der Waals surface area contributed by atoms with Gasteiger partial charge in [0, 0.05) is 16.5 Å². The highest BCUT2D eigenvalue weighted by molar-refractivity contribution is 6.35. The van der Waals surface area contributed by atoms with E-state index in [4.69, 9.17) is 21.1 Å². The maximum atomic E-state index is 10.9. The smallest absolute Gasteiger partial charge is 0.337 e.